The molecule has 0 fully saturated rings. The van der Waals surface area contributed by atoms with E-state index < -0.39 is 0 Å². The minimum absolute atomic E-state index is 0.0811. The van der Waals surface area contributed by atoms with Crippen LogP contribution in [0.3, 0.4) is 0 Å². The summed E-state index contributed by atoms with van der Waals surface area (Å²) in [6.45, 7) is 4.10. The van der Waals surface area contributed by atoms with Gasteiger partial charge in [0.2, 0.25) is 0 Å². The predicted octanol–water partition coefficient (Wildman–Crippen LogP) is 2.49. The maximum atomic E-state index is 4.39. The monoisotopic (exact) mass is 172 g/mol. The van der Waals surface area contributed by atoms with Gasteiger partial charge in [-0.1, -0.05) is 24.3 Å². The van der Waals surface area contributed by atoms with Gasteiger partial charge in [0, 0.05) is 9.49 Å². The summed E-state index contributed by atoms with van der Waals surface area (Å²) in [5.41, 5.74) is 0. The molecule has 0 aromatic carbocycles. The Morgan fingerprint density at radius 3 is 1.20 bits per heavy atom. The second-order valence-corrected chi connectivity index (χ2v) is 5.05. The van der Waals surface area contributed by atoms with Crippen LogP contribution in [0.4, 0.5) is 0 Å². The van der Waals surface area contributed by atoms with Crippen LogP contribution in [0.5, 0.6) is 0 Å². The van der Waals surface area contributed by atoms with Gasteiger partial charge >= 0.3 is 0 Å². The lowest BCUT2D eigenvalue weighted by Crippen LogP contribution is -2.20. The summed E-state index contributed by atoms with van der Waals surface area (Å²) < 4.78 is -0.162. The van der Waals surface area contributed by atoms with E-state index in [9.17, 15) is 0 Å². The van der Waals surface area contributed by atoms with Crippen molar-refractivity contribution in [2.45, 2.75) is 23.3 Å². The Labute approximate surface area is 73.2 Å². The van der Waals surface area contributed by atoms with Crippen LogP contribution in [0.1, 0.15) is 13.8 Å². The summed E-state index contributed by atoms with van der Waals surface area (Å²) in [4.78, 5) is 0. The lowest BCUT2D eigenvalue weighted by molar-refractivity contribution is 0.905. The first kappa shape index (κ1) is 8.28. The highest BCUT2D eigenvalue weighted by atomic mass is 32.1. The molecule has 0 bridgehead atoms. The molecule has 0 atom stereocenters. The number of rotatable bonds is 0. The molecule has 0 nitrogen and oxygen atoms in total. The third kappa shape index (κ3) is 2.10. The number of hydrogen-bond donors (Lipinski definition) is 2. The average Bonchev–Trinajstić information content (AvgIpc) is 1.79. The van der Waals surface area contributed by atoms with E-state index in [1.54, 1.807) is 0 Å². The van der Waals surface area contributed by atoms with Crippen molar-refractivity contribution in [2.75, 3.05) is 0 Å². The second kappa shape index (κ2) is 2.35. The standard InChI is InChI=1S/C8H12S2/c1-7(9)3-5-8(2,10)6-4-7/h3-6,9-10H,1-2H3. The molecule has 1 aliphatic carbocycles. The minimum atomic E-state index is -0.0811. The van der Waals surface area contributed by atoms with Crippen LogP contribution in [-0.2, 0) is 0 Å². The van der Waals surface area contributed by atoms with Crippen LogP contribution < -0.4 is 0 Å². The highest BCUT2D eigenvalue weighted by Gasteiger charge is 2.20. The molecular weight excluding hydrogens is 160 g/mol. The Kier molecular flexibility index (Phi) is 1.94. The van der Waals surface area contributed by atoms with Gasteiger partial charge in [-0.25, -0.2) is 0 Å². The normalized spacial score (nSPS) is 46.0. The van der Waals surface area contributed by atoms with Gasteiger partial charge in [-0.15, -0.1) is 0 Å². The topological polar surface area (TPSA) is 0 Å². The summed E-state index contributed by atoms with van der Waals surface area (Å²) in [6, 6.07) is 0. The summed E-state index contributed by atoms with van der Waals surface area (Å²) >= 11 is 8.78. The predicted molar refractivity (Wildman–Crippen MR) is 53.1 cm³/mol. The van der Waals surface area contributed by atoms with Gasteiger partial charge in [-0.05, 0) is 13.8 Å². The summed E-state index contributed by atoms with van der Waals surface area (Å²) in [5.74, 6) is 0. The first-order valence-corrected chi connectivity index (χ1v) is 4.16. The molecule has 0 saturated heterocycles. The van der Waals surface area contributed by atoms with Crippen molar-refractivity contribution in [3.8, 4) is 0 Å². The molecule has 0 aromatic heterocycles. The van der Waals surface area contributed by atoms with Crippen LogP contribution in [0.25, 0.3) is 0 Å². The SMILES string of the molecule is CC1(S)C=CC(C)(S)C=C1. The third-order valence-electron chi connectivity index (χ3n) is 1.52. The third-order valence-corrected chi connectivity index (χ3v) is 2.11. The van der Waals surface area contributed by atoms with Crippen molar-refractivity contribution in [3.63, 3.8) is 0 Å². The highest BCUT2D eigenvalue weighted by Crippen LogP contribution is 2.29. The van der Waals surface area contributed by atoms with Crippen molar-refractivity contribution >= 4 is 25.3 Å². The quantitative estimate of drug-likeness (QED) is 0.407. The number of hydrogen-bond acceptors (Lipinski definition) is 2. The molecule has 0 amide bonds. The smallest absolute Gasteiger partial charge is 0.0461 e. The van der Waals surface area contributed by atoms with E-state index in [0.717, 1.165) is 0 Å². The zero-order valence-corrected chi connectivity index (χ0v) is 7.99. The van der Waals surface area contributed by atoms with Crippen molar-refractivity contribution in [1.82, 2.24) is 0 Å². The van der Waals surface area contributed by atoms with E-state index in [1.807, 2.05) is 13.8 Å². The second-order valence-electron chi connectivity index (χ2n) is 3.12. The summed E-state index contributed by atoms with van der Waals surface area (Å²) in [7, 11) is 0. The molecule has 2 heteroatoms. The zero-order chi connectivity index (χ0) is 7.83. The molecule has 56 valence electrons. The van der Waals surface area contributed by atoms with Crippen molar-refractivity contribution in [2.24, 2.45) is 0 Å². The lowest BCUT2D eigenvalue weighted by atomic mass is 9.97. The van der Waals surface area contributed by atoms with Crippen LogP contribution in [0.15, 0.2) is 24.3 Å². The Morgan fingerprint density at radius 1 is 0.800 bits per heavy atom. The fraction of sp³-hybridized carbons (Fsp3) is 0.500. The van der Waals surface area contributed by atoms with E-state index in [0.29, 0.717) is 0 Å². The molecule has 1 rings (SSSR count). The van der Waals surface area contributed by atoms with E-state index >= 15 is 0 Å². The van der Waals surface area contributed by atoms with Gasteiger partial charge < -0.3 is 0 Å². The van der Waals surface area contributed by atoms with Crippen molar-refractivity contribution < 1.29 is 0 Å². The van der Waals surface area contributed by atoms with E-state index in [1.165, 1.54) is 0 Å². The highest BCUT2D eigenvalue weighted by molar-refractivity contribution is 7.82. The van der Waals surface area contributed by atoms with Crippen molar-refractivity contribution in [3.05, 3.63) is 24.3 Å². The van der Waals surface area contributed by atoms with Gasteiger partial charge in [-0.2, -0.15) is 25.3 Å². The zero-order valence-electron chi connectivity index (χ0n) is 6.20. The van der Waals surface area contributed by atoms with E-state index in [-0.39, 0.29) is 9.49 Å². The van der Waals surface area contributed by atoms with E-state index in [4.69, 9.17) is 0 Å². The Morgan fingerprint density at radius 2 is 1.00 bits per heavy atom. The van der Waals surface area contributed by atoms with Crippen molar-refractivity contribution in [1.29, 1.82) is 0 Å². The summed E-state index contributed by atoms with van der Waals surface area (Å²) in [5, 5.41) is 0. The first-order chi connectivity index (χ1) is 4.41. The fourth-order valence-electron chi connectivity index (χ4n) is 0.786. The van der Waals surface area contributed by atoms with Crippen LogP contribution in [0, 0.1) is 0 Å². The molecule has 0 spiro atoms. The maximum absolute atomic E-state index is 4.39. The van der Waals surface area contributed by atoms with Crippen LogP contribution in [-0.4, -0.2) is 9.49 Å². The molecule has 0 aliphatic heterocycles. The Bertz CT molecular complexity index is 149. The molecule has 0 aromatic rings. The fourth-order valence-corrected chi connectivity index (χ4v) is 1.08. The van der Waals surface area contributed by atoms with Gasteiger partial charge in [0.15, 0.2) is 0 Å². The van der Waals surface area contributed by atoms with Gasteiger partial charge in [0.05, 0.1) is 0 Å². The van der Waals surface area contributed by atoms with E-state index in [2.05, 4.69) is 49.6 Å². The van der Waals surface area contributed by atoms with Gasteiger partial charge in [-0.3, -0.25) is 0 Å². The van der Waals surface area contributed by atoms with Crippen LogP contribution >= 0.6 is 25.3 Å². The molecule has 0 saturated carbocycles. The van der Waals surface area contributed by atoms with Gasteiger partial charge in [0.25, 0.3) is 0 Å². The molecule has 1 aliphatic rings. The molecule has 0 N–H and O–H groups in total. The average molecular weight is 172 g/mol. The Hall–Kier alpha value is 0.180. The largest absolute Gasteiger partial charge is 0.164 e. The summed E-state index contributed by atoms with van der Waals surface area (Å²) in [6.07, 6.45) is 8.23. The maximum Gasteiger partial charge on any atom is 0.0461 e. The van der Waals surface area contributed by atoms with Crippen LogP contribution in [0.2, 0.25) is 0 Å². The molecular formula is C8H12S2. The number of thiol groups is 2. The first-order valence-electron chi connectivity index (χ1n) is 3.27. The molecule has 0 unspecified atom stereocenters. The molecule has 0 radical (unpaired) electrons. The molecule has 0 heterocycles. The van der Waals surface area contributed by atoms with Gasteiger partial charge in [0.1, 0.15) is 0 Å². The lowest BCUT2D eigenvalue weighted by Gasteiger charge is -2.25. The Balaban J connectivity index is 2.81. The molecule has 10 heavy (non-hydrogen) atoms. The minimum Gasteiger partial charge on any atom is -0.164 e.